The minimum atomic E-state index is -0.543. The van der Waals surface area contributed by atoms with Crippen molar-refractivity contribution in [2.45, 2.75) is 6.42 Å². The second-order valence-corrected chi connectivity index (χ2v) is 4.29. The minimum absolute atomic E-state index is 0.188. The van der Waals surface area contributed by atoms with Crippen LogP contribution in [-0.2, 0) is 13.5 Å². The Kier molecular flexibility index (Phi) is 4.29. The summed E-state index contributed by atoms with van der Waals surface area (Å²) in [4.78, 5) is 15.8. The van der Waals surface area contributed by atoms with Gasteiger partial charge in [0.1, 0.15) is 11.6 Å². The number of hydrogen-bond donors (Lipinski definition) is 2. The molecule has 0 unspecified atom stereocenters. The Labute approximate surface area is 116 Å². The van der Waals surface area contributed by atoms with E-state index >= 15 is 0 Å². The van der Waals surface area contributed by atoms with E-state index < -0.39 is 5.82 Å². The van der Waals surface area contributed by atoms with Crippen molar-refractivity contribution in [1.29, 1.82) is 0 Å². The first-order chi connectivity index (χ1) is 9.60. The Morgan fingerprint density at radius 1 is 1.50 bits per heavy atom. The van der Waals surface area contributed by atoms with Crippen molar-refractivity contribution in [2.75, 3.05) is 18.9 Å². The maximum absolute atomic E-state index is 13.2. The third-order valence-corrected chi connectivity index (χ3v) is 2.77. The zero-order valence-corrected chi connectivity index (χ0v) is 11.4. The zero-order valence-electron chi connectivity index (χ0n) is 11.4. The van der Waals surface area contributed by atoms with Crippen molar-refractivity contribution in [1.82, 2.24) is 20.1 Å². The van der Waals surface area contributed by atoms with E-state index in [1.165, 1.54) is 0 Å². The molecule has 20 heavy (non-hydrogen) atoms. The molecule has 0 aliphatic carbocycles. The maximum Gasteiger partial charge on any atom is 0.255 e. The molecule has 0 fully saturated rings. The first-order valence-electron chi connectivity index (χ1n) is 6.20. The van der Waals surface area contributed by atoms with Crippen LogP contribution in [0.4, 0.5) is 10.2 Å². The largest absolute Gasteiger partial charge is 0.372 e. The monoisotopic (exact) mass is 277 g/mol. The number of carbonyl (C=O) groups is 1. The Morgan fingerprint density at radius 3 is 2.95 bits per heavy atom. The average molecular weight is 277 g/mol. The van der Waals surface area contributed by atoms with Gasteiger partial charge in [-0.3, -0.25) is 9.48 Å². The van der Waals surface area contributed by atoms with Gasteiger partial charge in [-0.25, -0.2) is 9.37 Å². The molecule has 6 nitrogen and oxygen atoms in total. The van der Waals surface area contributed by atoms with Crippen LogP contribution in [-0.4, -0.2) is 34.3 Å². The number of amides is 1. The van der Waals surface area contributed by atoms with Gasteiger partial charge in [0.15, 0.2) is 0 Å². The van der Waals surface area contributed by atoms with E-state index in [0.717, 1.165) is 18.0 Å². The molecule has 2 aromatic rings. The molecular weight excluding hydrogens is 261 g/mol. The molecule has 2 rings (SSSR count). The number of carbonyl (C=O) groups excluding carboxylic acids is 1. The Morgan fingerprint density at radius 2 is 2.30 bits per heavy atom. The zero-order chi connectivity index (χ0) is 14.5. The summed E-state index contributed by atoms with van der Waals surface area (Å²) in [5, 5.41) is 9.69. The van der Waals surface area contributed by atoms with Gasteiger partial charge in [0.25, 0.3) is 5.91 Å². The van der Waals surface area contributed by atoms with E-state index in [1.807, 2.05) is 19.3 Å². The van der Waals surface area contributed by atoms with Gasteiger partial charge in [-0.1, -0.05) is 0 Å². The van der Waals surface area contributed by atoms with Crippen LogP contribution in [0.2, 0.25) is 0 Å². The van der Waals surface area contributed by atoms with Crippen molar-refractivity contribution in [3.05, 3.63) is 41.6 Å². The second kappa shape index (κ2) is 6.14. The molecule has 0 spiro atoms. The second-order valence-electron chi connectivity index (χ2n) is 4.29. The Hall–Kier alpha value is -2.44. The van der Waals surface area contributed by atoms with Gasteiger partial charge < -0.3 is 10.6 Å². The standard InChI is InChI=1S/C13H16FN5O/c1-15-12-11(7-9(14)8-17-12)13(20)16-5-3-10-4-6-19(2)18-10/h4,6-8H,3,5H2,1-2H3,(H,15,17)(H,16,20). The van der Waals surface area contributed by atoms with Crippen LogP contribution in [0.1, 0.15) is 16.1 Å². The quantitative estimate of drug-likeness (QED) is 0.854. The molecule has 0 saturated heterocycles. The lowest BCUT2D eigenvalue weighted by Gasteiger charge is -2.08. The summed E-state index contributed by atoms with van der Waals surface area (Å²) in [5.41, 5.74) is 1.08. The van der Waals surface area contributed by atoms with Crippen LogP contribution in [0.25, 0.3) is 0 Å². The molecule has 2 aromatic heterocycles. The third-order valence-electron chi connectivity index (χ3n) is 2.77. The fraction of sp³-hybridized carbons (Fsp3) is 0.308. The molecular formula is C13H16FN5O. The normalized spacial score (nSPS) is 10.3. The molecule has 1 amide bonds. The number of anilines is 1. The number of pyridine rings is 1. The van der Waals surface area contributed by atoms with E-state index in [9.17, 15) is 9.18 Å². The highest BCUT2D eigenvalue weighted by Crippen LogP contribution is 2.12. The highest BCUT2D eigenvalue weighted by molar-refractivity contribution is 5.98. The molecule has 7 heteroatoms. The molecule has 0 bridgehead atoms. The molecule has 0 aliphatic rings. The van der Waals surface area contributed by atoms with E-state index in [2.05, 4.69) is 20.7 Å². The number of halogens is 1. The summed E-state index contributed by atoms with van der Waals surface area (Å²) in [6, 6.07) is 3.05. The molecule has 106 valence electrons. The van der Waals surface area contributed by atoms with Crippen molar-refractivity contribution in [3.63, 3.8) is 0 Å². The molecule has 0 aromatic carbocycles. The molecule has 2 heterocycles. The average Bonchev–Trinajstić information content (AvgIpc) is 2.84. The van der Waals surface area contributed by atoms with Crippen molar-refractivity contribution >= 4 is 11.7 Å². The lowest BCUT2D eigenvalue weighted by molar-refractivity contribution is 0.0954. The number of nitrogens with zero attached hydrogens (tertiary/aromatic N) is 3. The molecule has 2 N–H and O–H groups in total. The van der Waals surface area contributed by atoms with Gasteiger partial charge in [0.05, 0.1) is 17.5 Å². The Balaban J connectivity index is 1.96. The van der Waals surface area contributed by atoms with E-state index in [0.29, 0.717) is 18.8 Å². The summed E-state index contributed by atoms with van der Waals surface area (Å²) in [5.74, 6) is -0.558. The van der Waals surface area contributed by atoms with Gasteiger partial charge in [0, 0.05) is 33.3 Å². The number of aromatic nitrogens is 3. The van der Waals surface area contributed by atoms with Crippen molar-refractivity contribution in [2.24, 2.45) is 7.05 Å². The van der Waals surface area contributed by atoms with Crippen LogP contribution in [0.5, 0.6) is 0 Å². The highest BCUT2D eigenvalue weighted by Gasteiger charge is 2.13. The fourth-order valence-electron chi connectivity index (χ4n) is 1.81. The van der Waals surface area contributed by atoms with Crippen LogP contribution in [0.15, 0.2) is 24.5 Å². The summed E-state index contributed by atoms with van der Waals surface area (Å²) in [6.07, 6.45) is 3.52. The predicted molar refractivity (Wildman–Crippen MR) is 73.0 cm³/mol. The molecule has 0 saturated carbocycles. The third kappa shape index (κ3) is 3.31. The van der Waals surface area contributed by atoms with Crippen LogP contribution >= 0.6 is 0 Å². The summed E-state index contributed by atoms with van der Waals surface area (Å²) in [7, 11) is 3.46. The van der Waals surface area contributed by atoms with Gasteiger partial charge in [0.2, 0.25) is 0 Å². The van der Waals surface area contributed by atoms with Crippen molar-refractivity contribution in [3.8, 4) is 0 Å². The lowest BCUT2D eigenvalue weighted by Crippen LogP contribution is -2.27. The fourth-order valence-corrected chi connectivity index (χ4v) is 1.81. The molecule has 0 atom stereocenters. The first kappa shape index (κ1) is 14.0. The van der Waals surface area contributed by atoms with E-state index in [1.54, 1.807) is 11.7 Å². The van der Waals surface area contributed by atoms with Gasteiger partial charge in [-0.15, -0.1) is 0 Å². The number of rotatable bonds is 5. The smallest absolute Gasteiger partial charge is 0.255 e. The van der Waals surface area contributed by atoms with Crippen LogP contribution in [0, 0.1) is 5.82 Å². The van der Waals surface area contributed by atoms with Crippen LogP contribution in [0.3, 0.4) is 0 Å². The number of nitrogens with one attached hydrogen (secondary N) is 2. The van der Waals surface area contributed by atoms with Crippen LogP contribution < -0.4 is 10.6 Å². The van der Waals surface area contributed by atoms with Crippen molar-refractivity contribution < 1.29 is 9.18 Å². The lowest BCUT2D eigenvalue weighted by atomic mass is 10.2. The number of hydrogen-bond acceptors (Lipinski definition) is 4. The summed E-state index contributed by atoms with van der Waals surface area (Å²) < 4.78 is 14.9. The highest BCUT2D eigenvalue weighted by atomic mass is 19.1. The predicted octanol–water partition coefficient (Wildman–Crippen LogP) is 0.968. The number of aryl methyl sites for hydroxylation is 1. The Bertz CT molecular complexity index is 611. The summed E-state index contributed by atoms with van der Waals surface area (Å²) >= 11 is 0. The minimum Gasteiger partial charge on any atom is -0.372 e. The molecule has 0 aliphatic heterocycles. The van der Waals surface area contributed by atoms with Gasteiger partial charge in [-0.05, 0) is 12.1 Å². The molecule has 0 radical (unpaired) electrons. The topological polar surface area (TPSA) is 71.8 Å². The van der Waals surface area contributed by atoms with E-state index in [-0.39, 0.29) is 11.5 Å². The van der Waals surface area contributed by atoms with E-state index in [4.69, 9.17) is 0 Å². The summed E-state index contributed by atoms with van der Waals surface area (Å²) in [6.45, 7) is 0.426. The maximum atomic E-state index is 13.2. The first-order valence-corrected chi connectivity index (χ1v) is 6.20. The van der Waals surface area contributed by atoms with Gasteiger partial charge >= 0.3 is 0 Å². The SMILES string of the molecule is CNc1ncc(F)cc1C(=O)NCCc1ccn(C)n1. The van der Waals surface area contributed by atoms with Gasteiger partial charge in [-0.2, -0.15) is 5.10 Å².